The van der Waals surface area contributed by atoms with Gasteiger partial charge in [-0.15, -0.1) is 0 Å². The number of hydrogen-bond donors (Lipinski definition) is 2. The van der Waals surface area contributed by atoms with Gasteiger partial charge in [-0.3, -0.25) is 0 Å². The van der Waals surface area contributed by atoms with E-state index in [2.05, 4.69) is 5.32 Å². The number of morpholine rings is 1. The molecule has 0 spiro atoms. The predicted molar refractivity (Wildman–Crippen MR) is 69.8 cm³/mol. The van der Waals surface area contributed by atoms with E-state index in [1.54, 1.807) is 7.11 Å². The van der Waals surface area contributed by atoms with Crippen LogP contribution in [0, 0.1) is 0 Å². The zero-order valence-corrected chi connectivity index (χ0v) is 11.0. The Labute approximate surface area is 108 Å². The van der Waals surface area contributed by atoms with Gasteiger partial charge in [0.1, 0.15) is 5.75 Å². The van der Waals surface area contributed by atoms with Gasteiger partial charge in [0.2, 0.25) is 0 Å². The van der Waals surface area contributed by atoms with Gasteiger partial charge < -0.3 is 19.9 Å². The van der Waals surface area contributed by atoms with Crippen molar-refractivity contribution in [3.8, 4) is 5.75 Å². The minimum Gasteiger partial charge on any atom is -0.497 e. The predicted octanol–water partition coefficient (Wildman–Crippen LogP) is 1.28. The average Bonchev–Trinajstić information content (AvgIpc) is 2.39. The fourth-order valence-electron chi connectivity index (χ4n) is 2.30. The number of benzene rings is 1. The molecular weight excluding hydrogens is 230 g/mol. The highest BCUT2D eigenvalue weighted by atomic mass is 16.5. The van der Waals surface area contributed by atoms with Crippen molar-refractivity contribution in [1.29, 1.82) is 0 Å². The third kappa shape index (κ3) is 3.22. The summed E-state index contributed by atoms with van der Waals surface area (Å²) >= 11 is 0. The summed E-state index contributed by atoms with van der Waals surface area (Å²) in [6, 6.07) is 7.75. The summed E-state index contributed by atoms with van der Waals surface area (Å²) in [5.74, 6) is 0.800. The molecule has 1 saturated heterocycles. The molecule has 1 heterocycles. The molecule has 100 valence electrons. The first-order valence-corrected chi connectivity index (χ1v) is 6.30. The van der Waals surface area contributed by atoms with Gasteiger partial charge in [-0.25, -0.2) is 0 Å². The van der Waals surface area contributed by atoms with Gasteiger partial charge >= 0.3 is 0 Å². The number of hydrogen-bond acceptors (Lipinski definition) is 4. The minimum atomic E-state index is -0.857. The monoisotopic (exact) mass is 251 g/mol. The Morgan fingerprint density at radius 1 is 1.44 bits per heavy atom. The molecule has 1 aliphatic heterocycles. The zero-order valence-electron chi connectivity index (χ0n) is 11.0. The standard InChI is InChI=1S/C14H21NO3/c1-14(16,9-12-10-18-8-7-15-12)11-3-5-13(17-2)6-4-11/h3-6,12,15-16H,7-10H2,1-2H3. The molecule has 1 aromatic carbocycles. The molecular formula is C14H21NO3. The first-order chi connectivity index (χ1) is 8.62. The highest BCUT2D eigenvalue weighted by Gasteiger charge is 2.28. The summed E-state index contributed by atoms with van der Waals surface area (Å²) in [5.41, 5.74) is 0.0423. The van der Waals surface area contributed by atoms with E-state index >= 15 is 0 Å². The van der Waals surface area contributed by atoms with Crippen LogP contribution in [0.2, 0.25) is 0 Å². The van der Waals surface area contributed by atoms with Crippen molar-refractivity contribution in [3.05, 3.63) is 29.8 Å². The normalized spacial score (nSPS) is 23.4. The molecule has 0 aliphatic carbocycles. The number of nitrogens with one attached hydrogen (secondary N) is 1. The van der Waals surface area contributed by atoms with Crippen LogP contribution >= 0.6 is 0 Å². The molecule has 1 aromatic rings. The topological polar surface area (TPSA) is 50.7 Å². The molecule has 4 heteroatoms. The highest BCUT2D eigenvalue weighted by molar-refractivity contribution is 5.30. The second-order valence-electron chi connectivity index (χ2n) is 4.93. The maximum atomic E-state index is 10.6. The molecule has 0 bridgehead atoms. The summed E-state index contributed by atoms with van der Waals surface area (Å²) < 4.78 is 10.5. The Bertz CT molecular complexity index is 369. The van der Waals surface area contributed by atoms with Crippen molar-refractivity contribution >= 4 is 0 Å². The van der Waals surface area contributed by atoms with Crippen molar-refractivity contribution in [3.63, 3.8) is 0 Å². The van der Waals surface area contributed by atoms with Gasteiger partial charge in [-0.05, 0) is 31.0 Å². The van der Waals surface area contributed by atoms with E-state index in [0.29, 0.717) is 13.0 Å². The molecule has 18 heavy (non-hydrogen) atoms. The van der Waals surface area contributed by atoms with Crippen molar-refractivity contribution in [1.82, 2.24) is 5.32 Å². The summed E-state index contributed by atoms with van der Waals surface area (Å²) in [6.45, 7) is 4.10. The molecule has 4 nitrogen and oxygen atoms in total. The van der Waals surface area contributed by atoms with E-state index in [1.165, 1.54) is 0 Å². The molecule has 2 atom stereocenters. The van der Waals surface area contributed by atoms with Crippen LogP contribution in [0.5, 0.6) is 5.75 Å². The molecule has 0 amide bonds. The molecule has 1 aliphatic rings. The Hall–Kier alpha value is -1.10. The Kier molecular flexibility index (Phi) is 4.22. The van der Waals surface area contributed by atoms with E-state index in [-0.39, 0.29) is 6.04 Å². The summed E-state index contributed by atoms with van der Waals surface area (Å²) in [4.78, 5) is 0. The van der Waals surface area contributed by atoms with Crippen molar-refractivity contribution in [2.24, 2.45) is 0 Å². The van der Waals surface area contributed by atoms with Crippen LogP contribution < -0.4 is 10.1 Å². The molecule has 1 fully saturated rings. The van der Waals surface area contributed by atoms with Crippen LogP contribution in [-0.2, 0) is 10.3 Å². The summed E-state index contributed by atoms with van der Waals surface area (Å²) in [6.07, 6.45) is 0.638. The molecule has 2 rings (SSSR count). The quantitative estimate of drug-likeness (QED) is 0.846. The maximum Gasteiger partial charge on any atom is 0.118 e. The average molecular weight is 251 g/mol. The third-order valence-electron chi connectivity index (χ3n) is 3.35. The molecule has 0 radical (unpaired) electrons. The number of methoxy groups -OCH3 is 1. The fraction of sp³-hybridized carbons (Fsp3) is 0.571. The van der Waals surface area contributed by atoms with Crippen LogP contribution in [0.3, 0.4) is 0 Å². The Balaban J connectivity index is 2.03. The number of ether oxygens (including phenoxy) is 2. The van der Waals surface area contributed by atoms with Crippen LogP contribution in [0.1, 0.15) is 18.9 Å². The van der Waals surface area contributed by atoms with E-state index in [1.807, 2.05) is 31.2 Å². The molecule has 0 aromatic heterocycles. The van der Waals surface area contributed by atoms with Crippen molar-refractivity contribution < 1.29 is 14.6 Å². The molecule has 2 N–H and O–H groups in total. The van der Waals surface area contributed by atoms with Crippen LogP contribution in [0.15, 0.2) is 24.3 Å². The van der Waals surface area contributed by atoms with Gasteiger partial charge in [-0.1, -0.05) is 12.1 Å². The lowest BCUT2D eigenvalue weighted by Crippen LogP contribution is -2.45. The fourth-order valence-corrected chi connectivity index (χ4v) is 2.30. The lowest BCUT2D eigenvalue weighted by Gasteiger charge is -2.32. The van der Waals surface area contributed by atoms with Gasteiger partial charge in [0.05, 0.1) is 25.9 Å². The van der Waals surface area contributed by atoms with Gasteiger partial charge in [0.25, 0.3) is 0 Å². The lowest BCUT2D eigenvalue weighted by atomic mass is 9.89. The third-order valence-corrected chi connectivity index (χ3v) is 3.35. The highest BCUT2D eigenvalue weighted by Crippen LogP contribution is 2.28. The smallest absolute Gasteiger partial charge is 0.118 e. The second kappa shape index (κ2) is 5.69. The van der Waals surface area contributed by atoms with Gasteiger partial charge in [0.15, 0.2) is 0 Å². The summed E-state index contributed by atoms with van der Waals surface area (Å²) in [5, 5.41) is 13.9. The van der Waals surface area contributed by atoms with Gasteiger partial charge in [-0.2, -0.15) is 0 Å². The molecule has 2 unspecified atom stereocenters. The first-order valence-electron chi connectivity index (χ1n) is 6.30. The largest absolute Gasteiger partial charge is 0.497 e. The van der Waals surface area contributed by atoms with Crippen molar-refractivity contribution in [2.45, 2.75) is 25.0 Å². The van der Waals surface area contributed by atoms with E-state index in [9.17, 15) is 5.11 Å². The SMILES string of the molecule is COc1ccc(C(C)(O)CC2COCCN2)cc1. The number of rotatable bonds is 4. The Morgan fingerprint density at radius 2 is 2.17 bits per heavy atom. The van der Waals surface area contributed by atoms with Crippen molar-refractivity contribution in [2.75, 3.05) is 26.9 Å². The first kappa shape index (κ1) is 13.3. The van der Waals surface area contributed by atoms with Crippen LogP contribution in [-0.4, -0.2) is 38.0 Å². The van der Waals surface area contributed by atoms with Crippen LogP contribution in [0.4, 0.5) is 0 Å². The number of aliphatic hydroxyl groups is 1. The summed E-state index contributed by atoms with van der Waals surface area (Å²) in [7, 11) is 1.64. The zero-order chi connectivity index (χ0) is 13.0. The maximum absolute atomic E-state index is 10.6. The molecule has 0 saturated carbocycles. The van der Waals surface area contributed by atoms with E-state index in [4.69, 9.17) is 9.47 Å². The van der Waals surface area contributed by atoms with E-state index in [0.717, 1.165) is 24.5 Å². The Morgan fingerprint density at radius 3 is 2.72 bits per heavy atom. The minimum absolute atomic E-state index is 0.204. The van der Waals surface area contributed by atoms with Gasteiger partial charge in [0, 0.05) is 12.6 Å². The van der Waals surface area contributed by atoms with E-state index < -0.39 is 5.60 Å². The lowest BCUT2D eigenvalue weighted by molar-refractivity contribution is 0.00320. The van der Waals surface area contributed by atoms with Crippen LogP contribution in [0.25, 0.3) is 0 Å². The second-order valence-corrected chi connectivity index (χ2v) is 4.93.